The van der Waals surface area contributed by atoms with Gasteiger partial charge >= 0.3 is 6.03 Å². The Morgan fingerprint density at radius 2 is 1.48 bits per heavy atom. The molecule has 25 heavy (non-hydrogen) atoms. The van der Waals surface area contributed by atoms with Gasteiger partial charge in [0.15, 0.2) is 0 Å². The van der Waals surface area contributed by atoms with Crippen LogP contribution in [0.4, 0.5) is 10.5 Å². The molecule has 0 aliphatic heterocycles. The predicted molar refractivity (Wildman–Crippen MR) is 103 cm³/mol. The van der Waals surface area contributed by atoms with Crippen LogP contribution < -0.4 is 19.5 Å². The maximum absolute atomic E-state index is 11.1. The van der Waals surface area contributed by atoms with Crippen LogP contribution in [0.1, 0.15) is 25.7 Å². The number of anilines is 1. The van der Waals surface area contributed by atoms with E-state index in [1.54, 1.807) is 18.2 Å². The minimum Gasteiger partial charge on any atom is -0.494 e. The van der Waals surface area contributed by atoms with Crippen molar-refractivity contribution in [2.45, 2.75) is 25.7 Å². The summed E-state index contributed by atoms with van der Waals surface area (Å²) in [5.74, 6) is 1.62. The van der Waals surface area contributed by atoms with Gasteiger partial charge in [0, 0.05) is 6.07 Å². The molecule has 0 saturated heterocycles. The summed E-state index contributed by atoms with van der Waals surface area (Å²) >= 11 is 4.04. The molecule has 0 heterocycles. The number of primary amides is 1. The molecule has 0 radical (unpaired) electrons. The van der Waals surface area contributed by atoms with Gasteiger partial charge in [0.2, 0.25) is 0 Å². The summed E-state index contributed by atoms with van der Waals surface area (Å²) in [5.41, 5.74) is 5.78. The Morgan fingerprint density at radius 1 is 0.880 bits per heavy atom. The molecule has 0 spiro atoms. The second kappa shape index (κ2) is 10.5. The molecule has 2 aromatic rings. The quantitative estimate of drug-likeness (QED) is 0.486. The molecule has 0 unspecified atom stereocenters. The number of nitrogens with two attached hydrogens (primary N) is 1. The van der Waals surface area contributed by atoms with Gasteiger partial charge in [0.25, 0.3) is 0 Å². The fourth-order valence-electron chi connectivity index (χ4n) is 2.29. The Bertz CT molecular complexity index is 652. The molecule has 0 saturated carbocycles. The van der Waals surface area contributed by atoms with Gasteiger partial charge in [-0.25, -0.2) is 9.10 Å². The summed E-state index contributed by atoms with van der Waals surface area (Å²) in [7, 11) is 0. The van der Waals surface area contributed by atoms with Crippen molar-refractivity contribution in [1.82, 2.24) is 0 Å². The van der Waals surface area contributed by atoms with Gasteiger partial charge < -0.3 is 15.2 Å². The molecule has 0 fully saturated rings. The predicted octanol–water partition coefficient (Wildman–Crippen LogP) is 4.43. The van der Waals surface area contributed by atoms with Gasteiger partial charge in [-0.05, 0) is 49.9 Å². The van der Waals surface area contributed by atoms with Crippen molar-refractivity contribution in [1.29, 1.82) is 0 Å². The average molecular weight is 360 g/mol. The summed E-state index contributed by atoms with van der Waals surface area (Å²) in [4.78, 5) is 11.1. The molecule has 134 valence electrons. The molecule has 6 heteroatoms. The average Bonchev–Trinajstić information content (AvgIpc) is 2.64. The third-order valence-corrected chi connectivity index (χ3v) is 4.02. The highest BCUT2D eigenvalue weighted by atomic mass is 32.1. The maximum Gasteiger partial charge on any atom is 0.329 e. The van der Waals surface area contributed by atoms with Crippen LogP contribution in [0.25, 0.3) is 0 Å². The number of ether oxygens (including phenoxy) is 2. The zero-order chi connectivity index (χ0) is 17.9. The van der Waals surface area contributed by atoms with Crippen LogP contribution in [0.15, 0.2) is 54.6 Å². The molecule has 0 atom stereocenters. The molecule has 0 aromatic heterocycles. The zero-order valence-corrected chi connectivity index (χ0v) is 15.0. The Morgan fingerprint density at radius 3 is 2.12 bits per heavy atom. The zero-order valence-electron chi connectivity index (χ0n) is 14.1. The number of para-hydroxylation sites is 1. The second-order valence-electron chi connectivity index (χ2n) is 5.57. The summed E-state index contributed by atoms with van der Waals surface area (Å²) < 4.78 is 12.4. The molecule has 2 rings (SSSR count). The van der Waals surface area contributed by atoms with E-state index in [-0.39, 0.29) is 0 Å². The van der Waals surface area contributed by atoms with Crippen molar-refractivity contribution in [2.24, 2.45) is 5.73 Å². The first-order chi connectivity index (χ1) is 12.2. The van der Waals surface area contributed by atoms with E-state index < -0.39 is 6.03 Å². The number of carbonyl (C=O) groups excluding carboxylic acids is 1. The number of hydrogen-bond donors (Lipinski definition) is 2. The Labute approximate surface area is 154 Å². The molecule has 0 aliphatic carbocycles. The molecular formula is C19H24N2O3S. The van der Waals surface area contributed by atoms with Crippen molar-refractivity contribution < 1.29 is 14.3 Å². The van der Waals surface area contributed by atoms with E-state index in [4.69, 9.17) is 15.2 Å². The van der Waals surface area contributed by atoms with E-state index in [0.29, 0.717) is 18.0 Å². The molecule has 0 aliphatic rings. The first-order valence-electron chi connectivity index (χ1n) is 8.36. The molecule has 2 amide bonds. The van der Waals surface area contributed by atoms with Crippen molar-refractivity contribution in [3.05, 3.63) is 54.6 Å². The van der Waals surface area contributed by atoms with Gasteiger partial charge in [-0.2, -0.15) is 0 Å². The minimum absolute atomic E-state index is 0.589. The number of thiol groups is 1. The van der Waals surface area contributed by atoms with Crippen LogP contribution in [0.3, 0.4) is 0 Å². The molecule has 2 N–H and O–H groups in total. The number of benzene rings is 2. The maximum atomic E-state index is 11.1. The standard InChI is InChI=1S/C19H24N2O3S/c20-19(22)21(25)16-9-8-12-18(15-16)24-14-7-2-1-6-13-23-17-10-4-3-5-11-17/h3-5,8-12,15,25H,1-2,6-7,13-14H2,(H2,20,22). The highest BCUT2D eigenvalue weighted by Crippen LogP contribution is 2.22. The lowest BCUT2D eigenvalue weighted by Crippen LogP contribution is -2.27. The number of urea groups is 1. The van der Waals surface area contributed by atoms with Crippen LogP contribution in [0.5, 0.6) is 11.5 Å². The highest BCUT2D eigenvalue weighted by molar-refractivity contribution is 7.82. The van der Waals surface area contributed by atoms with Gasteiger partial charge in [0.05, 0.1) is 18.9 Å². The summed E-state index contributed by atoms with van der Waals surface area (Å²) in [6, 6.07) is 16.4. The normalized spacial score (nSPS) is 10.3. The summed E-state index contributed by atoms with van der Waals surface area (Å²) in [5, 5.41) is 0. The third kappa shape index (κ3) is 6.97. The van der Waals surface area contributed by atoms with Crippen LogP contribution in [-0.4, -0.2) is 19.2 Å². The van der Waals surface area contributed by atoms with E-state index in [1.165, 1.54) is 0 Å². The monoisotopic (exact) mass is 360 g/mol. The number of hydrogen-bond acceptors (Lipinski definition) is 4. The van der Waals surface area contributed by atoms with Crippen molar-refractivity contribution >= 4 is 24.5 Å². The largest absolute Gasteiger partial charge is 0.494 e. The van der Waals surface area contributed by atoms with Gasteiger partial charge in [0.1, 0.15) is 11.5 Å². The minimum atomic E-state index is -0.627. The molecule has 5 nitrogen and oxygen atoms in total. The Kier molecular flexibility index (Phi) is 7.98. The fraction of sp³-hybridized carbons (Fsp3) is 0.316. The van der Waals surface area contributed by atoms with E-state index in [1.807, 2.05) is 36.4 Å². The smallest absolute Gasteiger partial charge is 0.329 e. The highest BCUT2D eigenvalue weighted by Gasteiger charge is 2.08. The van der Waals surface area contributed by atoms with Gasteiger partial charge in [-0.3, -0.25) is 0 Å². The fourth-order valence-corrected chi connectivity index (χ4v) is 2.41. The van der Waals surface area contributed by atoms with Crippen molar-refractivity contribution in [3.63, 3.8) is 0 Å². The first kappa shape index (κ1) is 19.0. The van der Waals surface area contributed by atoms with Gasteiger partial charge in [-0.1, -0.05) is 37.1 Å². The number of carbonyl (C=O) groups is 1. The lowest BCUT2D eigenvalue weighted by Gasteiger charge is -2.14. The van der Waals surface area contributed by atoms with E-state index in [0.717, 1.165) is 42.3 Å². The number of amides is 2. The van der Waals surface area contributed by atoms with Crippen molar-refractivity contribution in [2.75, 3.05) is 17.5 Å². The van der Waals surface area contributed by atoms with Gasteiger partial charge in [-0.15, -0.1) is 0 Å². The third-order valence-electron chi connectivity index (χ3n) is 3.59. The van der Waals surface area contributed by atoms with Crippen molar-refractivity contribution in [3.8, 4) is 11.5 Å². The van der Waals surface area contributed by atoms with Crippen LogP contribution in [-0.2, 0) is 0 Å². The SMILES string of the molecule is NC(=O)N(S)c1cccc(OCCCCCCOc2ccccc2)c1. The lowest BCUT2D eigenvalue weighted by molar-refractivity contribution is 0.257. The van der Waals surface area contributed by atoms with Crippen LogP contribution >= 0.6 is 12.8 Å². The molecular weight excluding hydrogens is 336 g/mol. The number of rotatable bonds is 10. The molecule has 0 bridgehead atoms. The molecule has 2 aromatic carbocycles. The first-order valence-corrected chi connectivity index (χ1v) is 8.76. The lowest BCUT2D eigenvalue weighted by atomic mass is 10.2. The summed E-state index contributed by atoms with van der Waals surface area (Å²) in [6.45, 7) is 1.37. The van der Waals surface area contributed by atoms with Crippen LogP contribution in [0, 0.1) is 0 Å². The Balaban J connectivity index is 1.57. The topological polar surface area (TPSA) is 64.8 Å². The number of unbranched alkanes of at least 4 members (excludes halogenated alkanes) is 3. The van der Waals surface area contributed by atoms with Crippen LogP contribution in [0.2, 0.25) is 0 Å². The van der Waals surface area contributed by atoms with E-state index >= 15 is 0 Å². The van der Waals surface area contributed by atoms with E-state index in [9.17, 15) is 4.79 Å². The van der Waals surface area contributed by atoms with E-state index in [2.05, 4.69) is 12.8 Å². The Hall–Kier alpha value is -2.34. The second-order valence-corrected chi connectivity index (χ2v) is 5.97. The summed E-state index contributed by atoms with van der Waals surface area (Å²) in [6.07, 6.45) is 4.17. The number of nitrogens with zero attached hydrogens (tertiary/aromatic N) is 1.